The average Bonchev–Trinajstić information content (AvgIpc) is 2.49. The fraction of sp³-hybridized carbons (Fsp3) is 1.00. The summed E-state index contributed by atoms with van der Waals surface area (Å²) in [6, 6.07) is 0. The van der Waals surface area contributed by atoms with E-state index in [2.05, 4.69) is 11.8 Å². The quantitative estimate of drug-likeness (QED) is 0.537. The van der Waals surface area contributed by atoms with Crippen LogP contribution in [0.1, 0.15) is 38.5 Å². The minimum absolute atomic E-state index is 1.12. The van der Waals surface area contributed by atoms with Crippen LogP contribution in [0.2, 0.25) is 0 Å². The van der Waals surface area contributed by atoms with Crippen molar-refractivity contribution in [1.82, 2.24) is 0 Å². The van der Waals surface area contributed by atoms with Gasteiger partial charge in [-0.25, -0.2) is 0 Å². The van der Waals surface area contributed by atoms with Crippen molar-refractivity contribution in [3.05, 3.63) is 0 Å². The van der Waals surface area contributed by atoms with Gasteiger partial charge in [-0.1, -0.05) is 12.8 Å². The molecule has 2 fully saturated rings. The highest BCUT2D eigenvalue weighted by atomic mass is 32.2. The Labute approximate surface area is 74.1 Å². The molecule has 11 heavy (non-hydrogen) atoms. The van der Waals surface area contributed by atoms with Crippen molar-refractivity contribution in [1.29, 1.82) is 0 Å². The zero-order valence-electron chi connectivity index (χ0n) is 7.22. The minimum atomic E-state index is 1.12. The fourth-order valence-corrected chi connectivity index (χ4v) is 3.60. The van der Waals surface area contributed by atoms with Crippen LogP contribution in [-0.2, 0) is 0 Å². The van der Waals surface area contributed by atoms with Crippen LogP contribution in [0.4, 0.5) is 0 Å². The van der Waals surface area contributed by atoms with Gasteiger partial charge in [0.25, 0.3) is 0 Å². The largest absolute Gasteiger partial charge is 0.162 e. The summed E-state index contributed by atoms with van der Waals surface area (Å²) < 4.78 is 0. The monoisotopic (exact) mass is 170 g/mol. The van der Waals surface area contributed by atoms with Gasteiger partial charge in [0.2, 0.25) is 0 Å². The maximum absolute atomic E-state index is 2.18. The van der Waals surface area contributed by atoms with Crippen LogP contribution >= 0.6 is 11.8 Å². The summed E-state index contributed by atoms with van der Waals surface area (Å²) in [4.78, 5) is 0. The third-order valence-corrected chi connectivity index (χ3v) is 4.32. The van der Waals surface area contributed by atoms with E-state index in [1.54, 1.807) is 19.3 Å². The van der Waals surface area contributed by atoms with E-state index in [-0.39, 0.29) is 0 Å². The van der Waals surface area contributed by atoms with Crippen LogP contribution in [0.15, 0.2) is 0 Å². The second kappa shape index (κ2) is 3.84. The van der Waals surface area contributed by atoms with Crippen LogP contribution in [0.25, 0.3) is 0 Å². The molecule has 1 saturated carbocycles. The van der Waals surface area contributed by atoms with Crippen molar-refractivity contribution in [2.24, 2.45) is 11.8 Å². The molecule has 0 nitrogen and oxygen atoms in total. The second-order valence-corrected chi connectivity index (χ2v) is 5.31. The lowest BCUT2D eigenvalue weighted by Crippen LogP contribution is -1.96. The normalized spacial score (nSPS) is 39.3. The molecule has 1 saturated heterocycles. The van der Waals surface area contributed by atoms with Gasteiger partial charge in [-0.3, -0.25) is 0 Å². The van der Waals surface area contributed by atoms with Crippen LogP contribution in [-0.4, -0.2) is 11.5 Å². The van der Waals surface area contributed by atoms with E-state index < -0.39 is 0 Å². The van der Waals surface area contributed by atoms with Crippen molar-refractivity contribution < 1.29 is 0 Å². The zero-order valence-corrected chi connectivity index (χ0v) is 8.04. The number of thioether (sulfide) groups is 1. The van der Waals surface area contributed by atoms with Gasteiger partial charge in [-0.15, -0.1) is 0 Å². The smallest absolute Gasteiger partial charge is 0.00649 e. The lowest BCUT2D eigenvalue weighted by Gasteiger charge is -2.06. The Morgan fingerprint density at radius 3 is 2.55 bits per heavy atom. The molecule has 0 N–H and O–H groups in total. The topological polar surface area (TPSA) is 0 Å². The zero-order chi connectivity index (χ0) is 7.52. The molecule has 1 heteroatoms. The highest BCUT2D eigenvalue weighted by Gasteiger charge is 2.24. The maximum atomic E-state index is 2.18. The molecule has 2 atom stereocenters. The highest BCUT2D eigenvalue weighted by molar-refractivity contribution is 7.99. The summed E-state index contributed by atoms with van der Waals surface area (Å²) in [6.07, 6.45) is 9.20. The second-order valence-electron chi connectivity index (χ2n) is 4.09. The van der Waals surface area contributed by atoms with Crippen molar-refractivity contribution in [3.8, 4) is 0 Å². The molecule has 0 aromatic rings. The average molecular weight is 170 g/mol. The van der Waals surface area contributed by atoms with E-state index in [1.165, 1.54) is 30.8 Å². The summed E-state index contributed by atoms with van der Waals surface area (Å²) in [5, 5.41) is 0. The molecule has 0 aromatic heterocycles. The Hall–Kier alpha value is 0.350. The minimum Gasteiger partial charge on any atom is -0.162 e. The summed E-state index contributed by atoms with van der Waals surface area (Å²) in [7, 11) is 0. The summed E-state index contributed by atoms with van der Waals surface area (Å²) in [5.41, 5.74) is 0. The third-order valence-electron chi connectivity index (χ3n) is 3.22. The molecule has 2 bridgehead atoms. The molecular weight excluding hydrogens is 152 g/mol. The van der Waals surface area contributed by atoms with Gasteiger partial charge >= 0.3 is 0 Å². The van der Waals surface area contributed by atoms with E-state index in [0.717, 1.165) is 11.8 Å². The van der Waals surface area contributed by atoms with Gasteiger partial charge in [0.15, 0.2) is 0 Å². The van der Waals surface area contributed by atoms with E-state index in [1.807, 2.05) is 0 Å². The first-order valence-corrected chi connectivity index (χ1v) is 6.18. The number of rotatable bonds is 0. The first kappa shape index (κ1) is 7.97. The van der Waals surface area contributed by atoms with Crippen LogP contribution in [0.3, 0.4) is 0 Å². The van der Waals surface area contributed by atoms with E-state index >= 15 is 0 Å². The SMILES string of the molecule is C1CSCCC2CCC(C1)C2. The molecule has 2 unspecified atom stereocenters. The standard InChI is InChI=1S/C10H18S/c1-2-9-3-4-10(8-9)5-7-11-6-1/h9-10H,1-8H2. The van der Waals surface area contributed by atoms with Gasteiger partial charge < -0.3 is 0 Å². The summed E-state index contributed by atoms with van der Waals surface area (Å²) in [5.74, 6) is 5.12. The first-order chi connectivity index (χ1) is 5.45. The van der Waals surface area contributed by atoms with Gasteiger partial charge in [0.05, 0.1) is 0 Å². The molecule has 0 amide bonds. The van der Waals surface area contributed by atoms with Crippen molar-refractivity contribution >= 4 is 11.8 Å². The van der Waals surface area contributed by atoms with E-state index in [0.29, 0.717) is 0 Å². The van der Waals surface area contributed by atoms with Crippen LogP contribution in [0, 0.1) is 11.8 Å². The van der Waals surface area contributed by atoms with Crippen molar-refractivity contribution in [2.45, 2.75) is 38.5 Å². The third kappa shape index (κ3) is 2.14. The Morgan fingerprint density at radius 2 is 1.64 bits per heavy atom. The molecule has 2 aliphatic rings. The molecule has 0 spiro atoms. The van der Waals surface area contributed by atoms with E-state index in [9.17, 15) is 0 Å². The lowest BCUT2D eigenvalue weighted by molar-refractivity contribution is 0.460. The predicted octanol–water partition coefficient (Wildman–Crippen LogP) is 3.32. The lowest BCUT2D eigenvalue weighted by atomic mass is 9.99. The van der Waals surface area contributed by atoms with E-state index in [4.69, 9.17) is 0 Å². The van der Waals surface area contributed by atoms with Crippen LogP contribution < -0.4 is 0 Å². The highest BCUT2D eigenvalue weighted by Crippen LogP contribution is 2.37. The predicted molar refractivity (Wildman–Crippen MR) is 52.0 cm³/mol. The Kier molecular flexibility index (Phi) is 2.78. The Bertz CT molecular complexity index is 108. The Morgan fingerprint density at radius 1 is 0.818 bits per heavy atom. The number of hydrogen-bond donors (Lipinski definition) is 0. The van der Waals surface area contributed by atoms with Crippen molar-refractivity contribution in [2.75, 3.05) is 11.5 Å². The molecule has 64 valence electrons. The number of hydrogen-bond acceptors (Lipinski definition) is 1. The summed E-state index contributed by atoms with van der Waals surface area (Å²) >= 11 is 2.18. The molecule has 1 aliphatic heterocycles. The summed E-state index contributed by atoms with van der Waals surface area (Å²) in [6.45, 7) is 0. The van der Waals surface area contributed by atoms with Gasteiger partial charge in [0, 0.05) is 0 Å². The van der Waals surface area contributed by atoms with Gasteiger partial charge in [-0.2, -0.15) is 11.8 Å². The number of fused-ring (bicyclic) bond motifs is 2. The molecule has 2 rings (SSSR count). The molecular formula is C10H18S. The molecule has 1 heterocycles. The van der Waals surface area contributed by atoms with Crippen LogP contribution in [0.5, 0.6) is 0 Å². The fourth-order valence-electron chi connectivity index (χ4n) is 2.53. The molecule has 0 radical (unpaired) electrons. The van der Waals surface area contributed by atoms with Crippen molar-refractivity contribution in [3.63, 3.8) is 0 Å². The first-order valence-electron chi connectivity index (χ1n) is 5.03. The maximum Gasteiger partial charge on any atom is -0.00649 e. The molecule has 0 aromatic carbocycles. The van der Waals surface area contributed by atoms with Gasteiger partial charge in [-0.05, 0) is 49.0 Å². The molecule has 1 aliphatic carbocycles. The Balaban J connectivity index is 1.88. The van der Waals surface area contributed by atoms with Gasteiger partial charge in [0.1, 0.15) is 0 Å².